The first kappa shape index (κ1) is 20.9. The molecule has 0 bridgehead atoms. The molecule has 2 aliphatic rings. The van der Waals surface area contributed by atoms with Crippen LogP contribution in [0.15, 0.2) is 77.5 Å². The molecule has 0 radical (unpaired) electrons. The summed E-state index contributed by atoms with van der Waals surface area (Å²) in [4.78, 5) is 16.3. The van der Waals surface area contributed by atoms with Crippen LogP contribution in [0.25, 0.3) is 33.8 Å². The van der Waals surface area contributed by atoms with Crippen molar-refractivity contribution in [3.8, 4) is 39.5 Å². The number of nitrogens with one attached hydrogen (secondary N) is 1. The molecular weight excluding hydrogens is 424 g/mol. The van der Waals surface area contributed by atoms with Crippen molar-refractivity contribution in [2.45, 2.75) is 31.8 Å². The topological polar surface area (TPSA) is 64.4 Å². The summed E-state index contributed by atoms with van der Waals surface area (Å²) in [5.41, 5.74) is 6.00. The van der Waals surface area contributed by atoms with Gasteiger partial charge in [-0.25, -0.2) is 0 Å². The zero-order valence-electron chi connectivity index (χ0n) is 18.9. The second-order valence-corrected chi connectivity index (χ2v) is 8.98. The maximum atomic E-state index is 12.1. The minimum Gasteiger partial charge on any atom is -0.490 e. The van der Waals surface area contributed by atoms with Crippen LogP contribution in [0.2, 0.25) is 0 Å². The average Bonchev–Trinajstić information content (AvgIpc) is 3.50. The predicted octanol–water partition coefficient (Wildman–Crippen LogP) is 5.94. The van der Waals surface area contributed by atoms with E-state index in [1.807, 2.05) is 36.4 Å². The quantitative estimate of drug-likeness (QED) is 0.408. The molecule has 0 amide bonds. The summed E-state index contributed by atoms with van der Waals surface area (Å²) in [7, 11) is 0. The molecule has 34 heavy (non-hydrogen) atoms. The van der Waals surface area contributed by atoms with Gasteiger partial charge < -0.3 is 14.5 Å². The van der Waals surface area contributed by atoms with E-state index in [9.17, 15) is 4.79 Å². The fourth-order valence-electron chi connectivity index (χ4n) is 4.89. The SMILES string of the molecule is O=C1CCc2cc(-c3cc(-c4ccc(OC5CCNCC5)cc4)oc3-c3ccncc3)ccc21. The van der Waals surface area contributed by atoms with Gasteiger partial charge in [0, 0.05) is 41.1 Å². The van der Waals surface area contributed by atoms with E-state index >= 15 is 0 Å². The molecule has 170 valence electrons. The summed E-state index contributed by atoms with van der Waals surface area (Å²) in [5.74, 6) is 2.72. The maximum absolute atomic E-state index is 12.1. The molecule has 5 heteroatoms. The Morgan fingerprint density at radius 1 is 0.824 bits per heavy atom. The predicted molar refractivity (Wildman–Crippen MR) is 132 cm³/mol. The molecule has 1 N–H and O–H groups in total. The number of carbonyl (C=O) groups is 1. The summed E-state index contributed by atoms with van der Waals surface area (Å²) in [6.07, 6.45) is 7.28. The molecule has 0 saturated carbocycles. The molecule has 6 rings (SSSR count). The van der Waals surface area contributed by atoms with Crippen molar-refractivity contribution in [3.05, 3.63) is 84.2 Å². The van der Waals surface area contributed by atoms with Crippen molar-refractivity contribution in [1.82, 2.24) is 10.3 Å². The fourth-order valence-corrected chi connectivity index (χ4v) is 4.89. The minimum absolute atomic E-state index is 0.232. The van der Waals surface area contributed by atoms with Gasteiger partial charge in [-0.2, -0.15) is 0 Å². The number of fused-ring (bicyclic) bond motifs is 1. The summed E-state index contributed by atoms with van der Waals surface area (Å²) < 4.78 is 12.6. The molecule has 1 aliphatic heterocycles. The third-order valence-electron chi connectivity index (χ3n) is 6.74. The van der Waals surface area contributed by atoms with Crippen LogP contribution in [0.4, 0.5) is 0 Å². The number of carbonyl (C=O) groups excluding carboxylic acids is 1. The van der Waals surface area contributed by atoms with Gasteiger partial charge in [-0.3, -0.25) is 9.78 Å². The molecule has 0 unspecified atom stereocenters. The number of aromatic nitrogens is 1. The standard InChI is InChI=1S/C29H26N2O3/c32-27-8-4-21-17-22(3-7-25(21)27)26-18-28(34-29(26)20-9-13-30-14-10-20)19-1-5-23(6-2-19)33-24-11-15-31-16-12-24/h1-3,5-7,9-10,13-14,17-18,24,31H,4,8,11-12,15-16H2. The highest BCUT2D eigenvalue weighted by atomic mass is 16.5. The lowest BCUT2D eigenvalue weighted by Crippen LogP contribution is -2.34. The Morgan fingerprint density at radius 3 is 2.38 bits per heavy atom. The molecule has 4 aromatic rings. The second-order valence-electron chi connectivity index (χ2n) is 8.98. The molecular formula is C29H26N2O3. The van der Waals surface area contributed by atoms with Gasteiger partial charge in [0.15, 0.2) is 5.78 Å². The number of hydrogen-bond donors (Lipinski definition) is 1. The van der Waals surface area contributed by atoms with Crippen LogP contribution in [-0.2, 0) is 6.42 Å². The van der Waals surface area contributed by atoms with Gasteiger partial charge in [0.05, 0.1) is 0 Å². The van der Waals surface area contributed by atoms with Gasteiger partial charge >= 0.3 is 0 Å². The number of piperidine rings is 1. The first-order valence-electron chi connectivity index (χ1n) is 11.9. The third-order valence-corrected chi connectivity index (χ3v) is 6.74. The van der Waals surface area contributed by atoms with Crippen LogP contribution in [0, 0.1) is 0 Å². The van der Waals surface area contributed by atoms with Gasteiger partial charge in [0.1, 0.15) is 23.4 Å². The zero-order valence-corrected chi connectivity index (χ0v) is 18.9. The lowest BCUT2D eigenvalue weighted by molar-refractivity contribution is 0.0994. The molecule has 3 heterocycles. The number of rotatable bonds is 5. The summed E-state index contributed by atoms with van der Waals surface area (Å²) in [6, 6.07) is 20.3. The molecule has 2 aromatic heterocycles. The van der Waals surface area contributed by atoms with E-state index in [0.29, 0.717) is 6.42 Å². The number of furan rings is 1. The van der Waals surface area contributed by atoms with E-state index in [-0.39, 0.29) is 11.9 Å². The van der Waals surface area contributed by atoms with Crippen LogP contribution >= 0.6 is 0 Å². The maximum Gasteiger partial charge on any atom is 0.163 e. The van der Waals surface area contributed by atoms with Crippen LogP contribution in [0.5, 0.6) is 5.75 Å². The molecule has 1 saturated heterocycles. The average molecular weight is 451 g/mol. The van der Waals surface area contributed by atoms with Crippen molar-refractivity contribution in [2.75, 3.05) is 13.1 Å². The minimum atomic E-state index is 0.232. The van der Waals surface area contributed by atoms with Gasteiger partial charge in [-0.1, -0.05) is 18.2 Å². The third kappa shape index (κ3) is 4.03. The van der Waals surface area contributed by atoms with Crippen molar-refractivity contribution in [1.29, 1.82) is 0 Å². The van der Waals surface area contributed by atoms with Crippen molar-refractivity contribution >= 4 is 5.78 Å². The highest BCUT2D eigenvalue weighted by Crippen LogP contribution is 2.40. The Bertz CT molecular complexity index is 1320. The number of ether oxygens (including phenoxy) is 1. The number of nitrogens with zero attached hydrogens (tertiary/aromatic N) is 1. The van der Waals surface area contributed by atoms with Gasteiger partial charge in [0.25, 0.3) is 0 Å². The molecule has 0 atom stereocenters. The molecule has 0 spiro atoms. The Hall–Kier alpha value is -3.70. The summed E-state index contributed by atoms with van der Waals surface area (Å²) in [5, 5.41) is 3.37. The fraction of sp³-hybridized carbons (Fsp3) is 0.241. The number of benzene rings is 2. The lowest BCUT2D eigenvalue weighted by Gasteiger charge is -2.23. The number of ketones is 1. The Balaban J connectivity index is 1.35. The van der Waals surface area contributed by atoms with Crippen LogP contribution in [0.1, 0.15) is 35.2 Å². The Morgan fingerprint density at radius 2 is 1.59 bits per heavy atom. The lowest BCUT2D eigenvalue weighted by atomic mass is 9.98. The Labute approximate surface area is 198 Å². The zero-order chi connectivity index (χ0) is 22.9. The smallest absolute Gasteiger partial charge is 0.163 e. The van der Waals surface area contributed by atoms with E-state index in [2.05, 4.69) is 34.6 Å². The van der Waals surface area contributed by atoms with E-state index in [1.165, 1.54) is 0 Å². The normalized spacial score (nSPS) is 15.9. The van der Waals surface area contributed by atoms with Crippen molar-refractivity contribution in [3.63, 3.8) is 0 Å². The van der Waals surface area contributed by atoms with Crippen molar-refractivity contribution < 1.29 is 13.9 Å². The first-order chi connectivity index (χ1) is 16.7. The number of Topliss-reactive ketones (excluding diaryl/α,β-unsaturated/α-hetero) is 1. The second kappa shape index (κ2) is 8.92. The van der Waals surface area contributed by atoms with Gasteiger partial charge in [0.2, 0.25) is 0 Å². The summed E-state index contributed by atoms with van der Waals surface area (Å²) >= 11 is 0. The van der Waals surface area contributed by atoms with E-state index in [0.717, 1.165) is 83.0 Å². The largest absolute Gasteiger partial charge is 0.490 e. The number of aryl methyl sites for hydroxylation is 1. The number of pyridine rings is 1. The summed E-state index contributed by atoms with van der Waals surface area (Å²) in [6.45, 7) is 2.01. The first-order valence-corrected chi connectivity index (χ1v) is 11.9. The van der Waals surface area contributed by atoms with Crippen LogP contribution < -0.4 is 10.1 Å². The number of hydrogen-bond acceptors (Lipinski definition) is 5. The van der Waals surface area contributed by atoms with Gasteiger partial charge in [-0.05, 0) is 85.9 Å². The molecule has 5 nitrogen and oxygen atoms in total. The van der Waals surface area contributed by atoms with E-state index in [4.69, 9.17) is 9.15 Å². The van der Waals surface area contributed by atoms with E-state index in [1.54, 1.807) is 12.4 Å². The highest BCUT2D eigenvalue weighted by Gasteiger charge is 2.22. The van der Waals surface area contributed by atoms with E-state index < -0.39 is 0 Å². The highest BCUT2D eigenvalue weighted by molar-refractivity contribution is 6.01. The monoisotopic (exact) mass is 450 g/mol. The van der Waals surface area contributed by atoms with Gasteiger partial charge in [-0.15, -0.1) is 0 Å². The van der Waals surface area contributed by atoms with Crippen LogP contribution in [0.3, 0.4) is 0 Å². The Kier molecular flexibility index (Phi) is 5.47. The van der Waals surface area contributed by atoms with Crippen LogP contribution in [-0.4, -0.2) is 30.0 Å². The molecule has 1 aliphatic carbocycles. The molecule has 2 aromatic carbocycles. The molecule has 1 fully saturated rings. The van der Waals surface area contributed by atoms with Crippen molar-refractivity contribution in [2.24, 2.45) is 0 Å².